The van der Waals surface area contributed by atoms with E-state index >= 15 is 0 Å². The maximum absolute atomic E-state index is 10.9. The van der Waals surface area contributed by atoms with E-state index in [0.717, 1.165) is 44.1 Å². The van der Waals surface area contributed by atoms with Crippen LogP contribution < -0.4 is 10.4 Å². The first-order chi connectivity index (χ1) is 17.1. The molecule has 0 aromatic heterocycles. The third kappa shape index (κ3) is 7.37. The Labute approximate surface area is 211 Å². The SMILES string of the molecule is C=C(COC)/C1=C/CCCC(CCC/C=C/COC(C)=O)O[Si]1(c1ccccc1)c1ccccc1. The predicted octanol–water partition coefficient (Wildman–Crippen LogP) is 5.27. The van der Waals surface area contributed by atoms with Crippen molar-refractivity contribution in [3.63, 3.8) is 0 Å². The van der Waals surface area contributed by atoms with Crippen molar-refractivity contribution in [1.29, 1.82) is 0 Å². The Balaban J connectivity index is 1.93. The Morgan fingerprint density at radius 2 is 1.74 bits per heavy atom. The molecule has 0 radical (unpaired) electrons. The van der Waals surface area contributed by atoms with Crippen LogP contribution in [0, 0.1) is 0 Å². The van der Waals surface area contributed by atoms with Gasteiger partial charge in [0.25, 0.3) is 8.32 Å². The van der Waals surface area contributed by atoms with Crippen molar-refractivity contribution in [3.8, 4) is 0 Å². The van der Waals surface area contributed by atoms with Gasteiger partial charge >= 0.3 is 5.97 Å². The average Bonchev–Trinajstić information content (AvgIpc) is 2.86. The third-order valence-electron chi connectivity index (χ3n) is 6.31. The molecule has 5 heteroatoms. The lowest BCUT2D eigenvalue weighted by molar-refractivity contribution is -0.139. The summed E-state index contributed by atoms with van der Waals surface area (Å²) in [5, 5.41) is 3.70. The van der Waals surface area contributed by atoms with Crippen molar-refractivity contribution >= 4 is 24.7 Å². The van der Waals surface area contributed by atoms with Crippen LogP contribution in [0.2, 0.25) is 0 Å². The summed E-state index contributed by atoms with van der Waals surface area (Å²) in [5.74, 6) is -0.250. The molecule has 3 rings (SSSR count). The Morgan fingerprint density at radius 1 is 1.09 bits per heavy atom. The van der Waals surface area contributed by atoms with Crippen LogP contribution in [0.5, 0.6) is 0 Å². The molecule has 0 bridgehead atoms. The van der Waals surface area contributed by atoms with E-state index in [1.807, 2.05) is 6.08 Å². The van der Waals surface area contributed by atoms with Gasteiger partial charge in [0.15, 0.2) is 0 Å². The zero-order chi connectivity index (χ0) is 24.9. The van der Waals surface area contributed by atoms with Crippen molar-refractivity contribution in [2.45, 2.75) is 51.6 Å². The van der Waals surface area contributed by atoms with Crippen molar-refractivity contribution in [1.82, 2.24) is 0 Å². The van der Waals surface area contributed by atoms with E-state index < -0.39 is 8.32 Å². The fourth-order valence-electron chi connectivity index (χ4n) is 4.73. The zero-order valence-electron chi connectivity index (χ0n) is 21.1. The summed E-state index contributed by atoms with van der Waals surface area (Å²) in [5.41, 5.74) is 1.00. The summed E-state index contributed by atoms with van der Waals surface area (Å²) >= 11 is 0. The minimum atomic E-state index is -2.80. The number of carbonyl (C=O) groups excluding carboxylic acids is 1. The highest BCUT2D eigenvalue weighted by Crippen LogP contribution is 2.31. The highest BCUT2D eigenvalue weighted by atomic mass is 28.4. The summed E-state index contributed by atoms with van der Waals surface area (Å²) in [6, 6.07) is 21.4. The molecule has 1 aliphatic heterocycles. The second-order valence-corrected chi connectivity index (χ2v) is 12.2. The third-order valence-corrected chi connectivity index (χ3v) is 10.6. The van der Waals surface area contributed by atoms with Crippen LogP contribution in [0.25, 0.3) is 0 Å². The van der Waals surface area contributed by atoms with Crippen LogP contribution in [0.3, 0.4) is 0 Å². The molecule has 35 heavy (non-hydrogen) atoms. The van der Waals surface area contributed by atoms with Crippen LogP contribution >= 0.6 is 0 Å². The maximum atomic E-state index is 10.9. The molecule has 1 atom stereocenters. The molecular formula is C30H38O4Si. The number of esters is 1. The van der Waals surface area contributed by atoms with Crippen molar-refractivity contribution in [3.05, 3.63) is 96.2 Å². The molecule has 1 heterocycles. The van der Waals surface area contributed by atoms with Gasteiger partial charge < -0.3 is 13.9 Å². The summed E-state index contributed by atoms with van der Waals surface area (Å²) in [6.45, 7) is 6.70. The van der Waals surface area contributed by atoms with Gasteiger partial charge in [-0.3, -0.25) is 4.79 Å². The number of ether oxygens (including phenoxy) is 2. The van der Waals surface area contributed by atoms with E-state index in [0.29, 0.717) is 13.2 Å². The van der Waals surface area contributed by atoms with Gasteiger partial charge in [0.1, 0.15) is 6.61 Å². The second kappa shape index (κ2) is 14.0. The largest absolute Gasteiger partial charge is 0.462 e. The van der Waals surface area contributed by atoms with E-state index in [9.17, 15) is 4.79 Å². The molecule has 1 unspecified atom stereocenters. The highest BCUT2D eigenvalue weighted by Gasteiger charge is 2.46. The molecule has 4 nitrogen and oxygen atoms in total. The van der Waals surface area contributed by atoms with Crippen molar-refractivity contribution < 1.29 is 18.7 Å². The molecule has 0 amide bonds. The fourth-order valence-corrected chi connectivity index (χ4v) is 9.15. The van der Waals surface area contributed by atoms with Crippen molar-refractivity contribution in [2.75, 3.05) is 20.3 Å². The number of hydrogen-bond acceptors (Lipinski definition) is 4. The van der Waals surface area contributed by atoms with Gasteiger partial charge in [-0.2, -0.15) is 0 Å². The maximum Gasteiger partial charge on any atom is 0.302 e. The summed E-state index contributed by atoms with van der Waals surface area (Å²) < 4.78 is 17.9. The molecule has 2 aromatic rings. The summed E-state index contributed by atoms with van der Waals surface area (Å²) in [4.78, 5) is 10.9. The van der Waals surface area contributed by atoms with Gasteiger partial charge in [0.05, 0.1) is 6.61 Å². The first kappa shape index (κ1) is 26.9. The van der Waals surface area contributed by atoms with E-state index in [1.54, 1.807) is 7.11 Å². The smallest absolute Gasteiger partial charge is 0.302 e. The highest BCUT2D eigenvalue weighted by molar-refractivity contribution is 7.03. The van der Waals surface area contributed by atoms with Crippen LogP contribution in [0.1, 0.15) is 45.4 Å². The Bertz CT molecular complexity index is 958. The molecule has 0 N–H and O–H groups in total. The minimum Gasteiger partial charge on any atom is -0.462 e. The molecule has 0 fully saturated rings. The number of carbonyl (C=O) groups is 1. The Hall–Kier alpha value is -2.73. The molecule has 2 aromatic carbocycles. The molecule has 0 aliphatic carbocycles. The van der Waals surface area contributed by atoms with Gasteiger partial charge in [-0.15, -0.1) is 0 Å². The van der Waals surface area contributed by atoms with Crippen LogP contribution in [-0.2, 0) is 18.7 Å². The van der Waals surface area contributed by atoms with Crippen molar-refractivity contribution in [2.24, 2.45) is 0 Å². The van der Waals surface area contributed by atoms with Gasteiger partial charge in [0.2, 0.25) is 0 Å². The van der Waals surface area contributed by atoms with Crippen LogP contribution in [0.4, 0.5) is 0 Å². The normalized spacial score (nSPS) is 19.4. The van der Waals surface area contributed by atoms with Gasteiger partial charge in [0, 0.05) is 20.1 Å². The number of benzene rings is 2. The monoisotopic (exact) mass is 490 g/mol. The Kier molecular flexibility index (Phi) is 10.7. The molecular weight excluding hydrogens is 452 g/mol. The molecule has 0 saturated heterocycles. The van der Waals surface area contributed by atoms with Gasteiger partial charge in [-0.25, -0.2) is 0 Å². The lowest BCUT2D eigenvalue weighted by atomic mass is 10.1. The number of hydrogen-bond donors (Lipinski definition) is 0. The standard InChI is InChI=1S/C30H38O4Si/c1-25(24-32-3)30-22-14-13-17-27(16-8-4-5-15-23-33-26(2)31)34-35(30,28-18-9-6-10-19-28)29-20-11-7-12-21-29/h5-7,9-12,15,18-22,27H,1,4,8,13-14,16-17,23-24H2,2-3H3/b15-5+,30-22-. The van der Waals surface area contributed by atoms with Gasteiger partial charge in [-0.05, 0) is 59.7 Å². The van der Waals surface area contributed by atoms with E-state index in [2.05, 4.69) is 79.4 Å². The van der Waals surface area contributed by atoms with Crippen LogP contribution in [-0.4, -0.2) is 40.7 Å². The predicted molar refractivity (Wildman–Crippen MR) is 145 cm³/mol. The lowest BCUT2D eigenvalue weighted by Crippen LogP contribution is -2.64. The lowest BCUT2D eigenvalue weighted by Gasteiger charge is -2.40. The van der Waals surface area contributed by atoms with E-state index in [-0.39, 0.29) is 12.1 Å². The molecule has 0 spiro atoms. The van der Waals surface area contributed by atoms with E-state index in [4.69, 9.17) is 13.9 Å². The quantitative estimate of drug-likeness (QED) is 0.186. The first-order valence-corrected chi connectivity index (χ1v) is 14.4. The fraction of sp³-hybridized carbons (Fsp3) is 0.367. The zero-order valence-corrected chi connectivity index (χ0v) is 22.1. The number of methoxy groups -OCH3 is 1. The first-order valence-electron chi connectivity index (χ1n) is 12.5. The molecule has 0 saturated carbocycles. The minimum absolute atomic E-state index is 0.156. The second-order valence-electron chi connectivity index (χ2n) is 8.94. The van der Waals surface area contributed by atoms with Crippen LogP contribution in [0.15, 0.2) is 96.2 Å². The average molecular weight is 491 g/mol. The summed E-state index contributed by atoms with van der Waals surface area (Å²) in [7, 11) is -1.07. The number of unbranched alkanes of at least 4 members (excludes halogenated alkanes) is 1. The topological polar surface area (TPSA) is 44.8 Å². The van der Waals surface area contributed by atoms with Gasteiger partial charge in [-0.1, -0.05) is 85.5 Å². The Morgan fingerprint density at radius 3 is 2.34 bits per heavy atom. The summed E-state index contributed by atoms with van der Waals surface area (Å²) in [6.07, 6.45) is 12.6. The van der Waals surface area contributed by atoms with E-state index in [1.165, 1.54) is 22.5 Å². The number of allylic oxidation sites excluding steroid dienone is 2. The molecule has 186 valence electrons. The number of rotatable bonds is 11. The molecule has 1 aliphatic rings.